The zero-order valence-electron chi connectivity index (χ0n) is 20.0. The van der Waals surface area contributed by atoms with Crippen molar-refractivity contribution in [1.82, 2.24) is 14.2 Å². The summed E-state index contributed by atoms with van der Waals surface area (Å²) < 4.78 is 43.9. The third kappa shape index (κ3) is 4.62. The van der Waals surface area contributed by atoms with Gasteiger partial charge < -0.3 is 24.9 Å². The van der Waals surface area contributed by atoms with Crippen LogP contribution in [0.5, 0.6) is 11.5 Å². The number of imide groups is 1. The summed E-state index contributed by atoms with van der Waals surface area (Å²) in [6.45, 7) is 0.478. The Labute approximate surface area is 208 Å². The van der Waals surface area contributed by atoms with Gasteiger partial charge in [0.15, 0.2) is 11.5 Å². The van der Waals surface area contributed by atoms with Crippen molar-refractivity contribution in [3.8, 4) is 11.5 Å². The molecule has 1 aliphatic heterocycles. The number of nitrogens with zero attached hydrogens (tertiary/aromatic N) is 2. The van der Waals surface area contributed by atoms with E-state index < -0.39 is 28.0 Å². The molecule has 1 atom stereocenters. The number of urea groups is 1. The number of sulfonamides is 1. The molecule has 12 heteroatoms. The molecule has 1 aliphatic rings. The van der Waals surface area contributed by atoms with Gasteiger partial charge in [0.05, 0.1) is 38.9 Å². The maximum atomic E-state index is 13.8. The fourth-order valence-electron chi connectivity index (χ4n) is 4.21. The summed E-state index contributed by atoms with van der Waals surface area (Å²) in [6, 6.07) is 9.26. The Balaban J connectivity index is 1.73. The van der Waals surface area contributed by atoms with Crippen LogP contribution in [0.3, 0.4) is 0 Å². The first-order valence-electron chi connectivity index (χ1n) is 11.3. The van der Waals surface area contributed by atoms with Crippen molar-refractivity contribution in [2.45, 2.75) is 17.4 Å². The third-order valence-electron chi connectivity index (χ3n) is 5.98. The number of para-hydroxylation sites is 1. The first-order chi connectivity index (χ1) is 17.3. The van der Waals surface area contributed by atoms with E-state index in [-0.39, 0.29) is 43.4 Å². The molecule has 36 heavy (non-hydrogen) atoms. The molecule has 1 unspecified atom stereocenters. The molecule has 0 radical (unpaired) electrons. The van der Waals surface area contributed by atoms with Gasteiger partial charge in [-0.25, -0.2) is 17.5 Å². The zero-order chi connectivity index (χ0) is 25.9. The monoisotopic (exact) mass is 516 g/mol. The number of aromatic nitrogens is 1. The molecule has 2 heterocycles. The number of benzene rings is 2. The number of rotatable bonds is 11. The van der Waals surface area contributed by atoms with Gasteiger partial charge >= 0.3 is 6.03 Å². The lowest BCUT2D eigenvalue weighted by atomic mass is 10.1. The van der Waals surface area contributed by atoms with Crippen LogP contribution in [0.15, 0.2) is 53.6 Å². The molecule has 0 saturated carbocycles. The van der Waals surface area contributed by atoms with Crippen molar-refractivity contribution in [3.05, 3.63) is 54.2 Å². The number of amides is 3. The first-order valence-corrected chi connectivity index (χ1v) is 12.7. The smallest absolute Gasteiger partial charge is 0.341 e. The number of aromatic amines is 1. The summed E-state index contributed by atoms with van der Waals surface area (Å²) in [4.78, 5) is 30.6. The van der Waals surface area contributed by atoms with Crippen LogP contribution in [0.1, 0.15) is 5.56 Å². The van der Waals surface area contributed by atoms with Crippen LogP contribution < -0.4 is 15.2 Å². The number of nitrogens with one attached hydrogen (secondary N) is 1. The van der Waals surface area contributed by atoms with Crippen LogP contribution in [-0.4, -0.2) is 81.1 Å². The second kappa shape index (κ2) is 10.6. The van der Waals surface area contributed by atoms with Gasteiger partial charge in [0.25, 0.3) is 15.9 Å². The number of methoxy groups -OCH3 is 2. The van der Waals surface area contributed by atoms with Gasteiger partial charge in [0, 0.05) is 36.1 Å². The van der Waals surface area contributed by atoms with Crippen molar-refractivity contribution in [3.63, 3.8) is 0 Å². The Kier molecular flexibility index (Phi) is 7.48. The largest absolute Gasteiger partial charge is 0.493 e. The van der Waals surface area contributed by atoms with Crippen molar-refractivity contribution in [2.75, 3.05) is 40.5 Å². The molecule has 1 aromatic heterocycles. The molecule has 1 fully saturated rings. The van der Waals surface area contributed by atoms with Crippen LogP contribution in [0, 0.1) is 0 Å². The fourth-order valence-corrected chi connectivity index (χ4v) is 5.74. The van der Waals surface area contributed by atoms with Gasteiger partial charge in [-0.15, -0.1) is 0 Å². The molecule has 4 rings (SSSR count). The van der Waals surface area contributed by atoms with E-state index in [1.54, 1.807) is 6.20 Å². The Bertz CT molecular complexity index is 1370. The molecule has 1 saturated heterocycles. The van der Waals surface area contributed by atoms with Crippen molar-refractivity contribution in [1.29, 1.82) is 0 Å². The molecule has 0 spiro atoms. The second-order valence-corrected chi connectivity index (χ2v) is 9.89. The highest BCUT2D eigenvalue weighted by atomic mass is 32.2. The van der Waals surface area contributed by atoms with Crippen molar-refractivity contribution in [2.24, 2.45) is 5.73 Å². The molecule has 3 N–H and O–H groups in total. The van der Waals surface area contributed by atoms with E-state index in [1.807, 2.05) is 24.3 Å². The standard InChI is InChI=1S/C24H28N4O7S/c1-33-21-8-7-17(14-22(21)34-2)36(31,32)28-20(13-16-15-26-19-6-4-3-5-18(16)19)23(29)27(24(28)30)10-12-35-11-9-25/h3-8,14-15,20,26H,9-13,25H2,1-2H3. The number of carbonyl (C=O) groups excluding carboxylic acids is 2. The minimum absolute atomic E-state index is 0.00125. The van der Waals surface area contributed by atoms with Crippen molar-refractivity contribution >= 4 is 32.9 Å². The fraction of sp³-hybridized carbons (Fsp3) is 0.333. The third-order valence-corrected chi connectivity index (χ3v) is 7.75. The summed E-state index contributed by atoms with van der Waals surface area (Å²) in [5.74, 6) is -0.114. The molecular weight excluding hydrogens is 488 g/mol. The summed E-state index contributed by atoms with van der Waals surface area (Å²) in [5.41, 5.74) is 6.98. The summed E-state index contributed by atoms with van der Waals surface area (Å²) in [7, 11) is -1.63. The predicted molar refractivity (Wildman–Crippen MR) is 131 cm³/mol. The molecule has 0 aliphatic carbocycles. The lowest BCUT2D eigenvalue weighted by molar-refractivity contribution is -0.128. The quantitative estimate of drug-likeness (QED) is 0.290. The molecule has 3 aromatic rings. The average molecular weight is 517 g/mol. The summed E-state index contributed by atoms with van der Waals surface area (Å²) >= 11 is 0. The van der Waals surface area contributed by atoms with Crippen molar-refractivity contribution < 1.29 is 32.2 Å². The highest BCUT2D eigenvalue weighted by molar-refractivity contribution is 7.89. The van der Waals surface area contributed by atoms with E-state index in [0.717, 1.165) is 15.8 Å². The van der Waals surface area contributed by atoms with Gasteiger partial charge in [-0.05, 0) is 23.8 Å². The number of hydrogen-bond donors (Lipinski definition) is 2. The molecule has 3 amide bonds. The van der Waals surface area contributed by atoms with Crippen LogP contribution in [0.25, 0.3) is 10.9 Å². The van der Waals surface area contributed by atoms with Gasteiger partial charge in [-0.2, -0.15) is 0 Å². The van der Waals surface area contributed by atoms with E-state index in [4.69, 9.17) is 19.9 Å². The summed E-state index contributed by atoms with van der Waals surface area (Å²) in [6.07, 6.45) is 1.72. The number of H-pyrrole nitrogens is 1. The SMILES string of the molecule is COc1ccc(S(=O)(=O)N2C(=O)N(CCOCCN)C(=O)C2Cc2c[nH]c3ccccc23)cc1OC. The lowest BCUT2D eigenvalue weighted by Crippen LogP contribution is -2.41. The van der Waals surface area contributed by atoms with Gasteiger partial charge in [-0.1, -0.05) is 18.2 Å². The number of hydrogen-bond acceptors (Lipinski definition) is 8. The maximum absolute atomic E-state index is 13.8. The predicted octanol–water partition coefficient (Wildman–Crippen LogP) is 1.72. The second-order valence-electron chi connectivity index (χ2n) is 8.07. The number of ether oxygens (including phenoxy) is 3. The van der Waals surface area contributed by atoms with Gasteiger partial charge in [-0.3, -0.25) is 9.69 Å². The zero-order valence-corrected chi connectivity index (χ0v) is 20.8. The van der Waals surface area contributed by atoms with E-state index in [2.05, 4.69) is 4.98 Å². The number of carbonyl (C=O) groups is 2. The maximum Gasteiger partial charge on any atom is 0.341 e. The van der Waals surface area contributed by atoms with Gasteiger partial charge in [0.1, 0.15) is 6.04 Å². The van der Waals surface area contributed by atoms with E-state index in [0.29, 0.717) is 15.6 Å². The van der Waals surface area contributed by atoms with E-state index in [1.165, 1.54) is 32.4 Å². The molecule has 2 aromatic carbocycles. The highest BCUT2D eigenvalue weighted by Crippen LogP contribution is 2.34. The number of fused-ring (bicyclic) bond motifs is 1. The van der Waals surface area contributed by atoms with E-state index >= 15 is 0 Å². The van der Waals surface area contributed by atoms with Crippen LogP contribution in [-0.2, 0) is 26.0 Å². The summed E-state index contributed by atoms with van der Waals surface area (Å²) in [5, 5.41) is 0.839. The van der Waals surface area contributed by atoms with Gasteiger partial charge in [0.2, 0.25) is 0 Å². The number of nitrogens with two attached hydrogens (primary N) is 1. The normalized spacial score (nSPS) is 16.2. The Morgan fingerprint density at radius 2 is 1.78 bits per heavy atom. The topological polar surface area (TPSA) is 144 Å². The Morgan fingerprint density at radius 3 is 2.50 bits per heavy atom. The Morgan fingerprint density at radius 1 is 1.03 bits per heavy atom. The lowest BCUT2D eigenvalue weighted by Gasteiger charge is -2.22. The minimum atomic E-state index is -4.44. The molecule has 192 valence electrons. The molecular formula is C24H28N4O7S. The molecule has 11 nitrogen and oxygen atoms in total. The van der Waals surface area contributed by atoms with Crippen LogP contribution in [0.2, 0.25) is 0 Å². The van der Waals surface area contributed by atoms with Crippen LogP contribution in [0.4, 0.5) is 4.79 Å². The minimum Gasteiger partial charge on any atom is -0.493 e. The Hall–Kier alpha value is -3.61. The average Bonchev–Trinajstić information content (AvgIpc) is 3.40. The first kappa shape index (κ1) is 25.5. The van der Waals surface area contributed by atoms with E-state index in [9.17, 15) is 18.0 Å². The molecule has 0 bridgehead atoms. The van der Waals surface area contributed by atoms with Crippen LogP contribution >= 0.6 is 0 Å². The highest BCUT2D eigenvalue weighted by Gasteiger charge is 2.51.